The van der Waals surface area contributed by atoms with E-state index in [-0.39, 0.29) is 12.7 Å². The largest absolute Gasteiger partial charge is 0.307 e. The lowest BCUT2D eigenvalue weighted by Gasteiger charge is -2.12. The second-order valence-corrected chi connectivity index (χ2v) is 3.13. The molecular formula is C11H16FN. The van der Waals surface area contributed by atoms with Crippen LogP contribution in [-0.2, 0) is 6.54 Å². The Bertz CT molecular complexity index is 219. The van der Waals surface area contributed by atoms with E-state index in [1.165, 1.54) is 5.56 Å². The first-order valence-corrected chi connectivity index (χ1v) is 4.70. The summed E-state index contributed by atoms with van der Waals surface area (Å²) in [6.45, 7) is 2.45. The van der Waals surface area contributed by atoms with Crippen molar-refractivity contribution in [2.75, 3.05) is 6.67 Å². The smallest absolute Gasteiger partial charge is 0.105 e. The standard InChI is InChI=1S/C11H16FN/c1-2-11(8-12)13-9-10-6-4-3-5-7-10/h3-7,11,13H,2,8-9H2,1H3. The first-order chi connectivity index (χ1) is 6.36. The molecule has 1 unspecified atom stereocenters. The van der Waals surface area contributed by atoms with Crippen LogP contribution in [0.2, 0.25) is 0 Å². The lowest BCUT2D eigenvalue weighted by molar-refractivity contribution is 0.365. The minimum Gasteiger partial charge on any atom is -0.307 e. The molecule has 1 aromatic rings. The summed E-state index contributed by atoms with van der Waals surface area (Å²) in [4.78, 5) is 0. The van der Waals surface area contributed by atoms with Gasteiger partial charge < -0.3 is 5.32 Å². The first kappa shape index (κ1) is 10.2. The number of nitrogens with one attached hydrogen (secondary N) is 1. The van der Waals surface area contributed by atoms with Crippen LogP contribution in [0.1, 0.15) is 18.9 Å². The molecule has 2 heteroatoms. The summed E-state index contributed by atoms with van der Waals surface area (Å²) in [5.41, 5.74) is 1.20. The van der Waals surface area contributed by atoms with Crippen LogP contribution in [0.15, 0.2) is 30.3 Å². The fraction of sp³-hybridized carbons (Fsp3) is 0.455. The second-order valence-electron chi connectivity index (χ2n) is 3.13. The number of benzene rings is 1. The highest BCUT2D eigenvalue weighted by atomic mass is 19.1. The molecular weight excluding hydrogens is 165 g/mol. The Morgan fingerprint density at radius 3 is 2.54 bits per heavy atom. The van der Waals surface area contributed by atoms with Gasteiger partial charge in [-0.1, -0.05) is 37.3 Å². The molecule has 0 heterocycles. The van der Waals surface area contributed by atoms with Gasteiger partial charge in [0.25, 0.3) is 0 Å². The van der Waals surface area contributed by atoms with Crippen LogP contribution in [0.25, 0.3) is 0 Å². The monoisotopic (exact) mass is 181 g/mol. The quantitative estimate of drug-likeness (QED) is 0.736. The lowest BCUT2D eigenvalue weighted by Crippen LogP contribution is -2.29. The number of alkyl halides is 1. The average molecular weight is 181 g/mol. The Labute approximate surface area is 79.0 Å². The van der Waals surface area contributed by atoms with Gasteiger partial charge >= 0.3 is 0 Å². The van der Waals surface area contributed by atoms with Crippen molar-refractivity contribution >= 4 is 0 Å². The molecule has 0 aliphatic heterocycles. The molecule has 0 aliphatic carbocycles. The molecule has 72 valence electrons. The number of rotatable bonds is 5. The molecule has 1 nitrogen and oxygen atoms in total. The van der Waals surface area contributed by atoms with E-state index in [1.54, 1.807) is 0 Å². The van der Waals surface area contributed by atoms with Crippen LogP contribution >= 0.6 is 0 Å². The summed E-state index contributed by atoms with van der Waals surface area (Å²) in [5.74, 6) is 0. The maximum atomic E-state index is 12.3. The van der Waals surface area contributed by atoms with Gasteiger partial charge in [-0.2, -0.15) is 0 Å². The van der Waals surface area contributed by atoms with Gasteiger partial charge in [-0.15, -0.1) is 0 Å². The van der Waals surface area contributed by atoms with Crippen molar-refractivity contribution in [1.29, 1.82) is 0 Å². The average Bonchev–Trinajstić information content (AvgIpc) is 2.21. The Morgan fingerprint density at radius 1 is 1.31 bits per heavy atom. The van der Waals surface area contributed by atoms with E-state index in [9.17, 15) is 4.39 Å². The van der Waals surface area contributed by atoms with Crippen LogP contribution < -0.4 is 5.32 Å². The Kier molecular flexibility index (Phi) is 4.47. The van der Waals surface area contributed by atoms with Crippen molar-refractivity contribution in [2.24, 2.45) is 0 Å². The fourth-order valence-corrected chi connectivity index (χ4v) is 1.17. The third-order valence-corrected chi connectivity index (χ3v) is 2.12. The molecule has 0 aromatic heterocycles. The van der Waals surface area contributed by atoms with Gasteiger partial charge in [0.1, 0.15) is 6.67 Å². The van der Waals surface area contributed by atoms with Gasteiger partial charge in [0.2, 0.25) is 0 Å². The van der Waals surface area contributed by atoms with Crippen molar-refractivity contribution < 1.29 is 4.39 Å². The molecule has 0 bridgehead atoms. The summed E-state index contributed by atoms with van der Waals surface area (Å²) in [7, 11) is 0. The van der Waals surface area contributed by atoms with Crippen molar-refractivity contribution in [2.45, 2.75) is 25.9 Å². The predicted molar refractivity (Wildman–Crippen MR) is 53.3 cm³/mol. The van der Waals surface area contributed by atoms with Gasteiger partial charge in [-0.05, 0) is 12.0 Å². The number of halogens is 1. The zero-order valence-corrected chi connectivity index (χ0v) is 7.96. The number of hydrogen-bond donors (Lipinski definition) is 1. The molecule has 0 fully saturated rings. The van der Waals surface area contributed by atoms with Crippen molar-refractivity contribution in [1.82, 2.24) is 5.32 Å². The molecule has 0 spiro atoms. The van der Waals surface area contributed by atoms with Crippen molar-refractivity contribution in [3.63, 3.8) is 0 Å². The summed E-state index contributed by atoms with van der Waals surface area (Å²) >= 11 is 0. The molecule has 1 rings (SSSR count). The van der Waals surface area contributed by atoms with Crippen LogP contribution in [0.5, 0.6) is 0 Å². The fourth-order valence-electron chi connectivity index (χ4n) is 1.17. The van der Waals surface area contributed by atoms with Gasteiger partial charge in [0.05, 0.1) is 0 Å². The van der Waals surface area contributed by atoms with E-state index in [0.29, 0.717) is 0 Å². The molecule has 0 radical (unpaired) electrons. The van der Waals surface area contributed by atoms with Crippen molar-refractivity contribution in [3.8, 4) is 0 Å². The van der Waals surface area contributed by atoms with E-state index in [4.69, 9.17) is 0 Å². The van der Waals surface area contributed by atoms with Gasteiger partial charge in [0.15, 0.2) is 0 Å². The third-order valence-electron chi connectivity index (χ3n) is 2.12. The second kappa shape index (κ2) is 5.70. The zero-order valence-electron chi connectivity index (χ0n) is 7.96. The van der Waals surface area contributed by atoms with E-state index >= 15 is 0 Å². The van der Waals surface area contributed by atoms with E-state index in [1.807, 2.05) is 37.3 Å². The van der Waals surface area contributed by atoms with Gasteiger partial charge in [-0.3, -0.25) is 0 Å². The molecule has 1 aromatic carbocycles. The normalized spacial score (nSPS) is 12.8. The van der Waals surface area contributed by atoms with Crippen LogP contribution in [0.3, 0.4) is 0 Å². The summed E-state index contributed by atoms with van der Waals surface area (Å²) in [5, 5.41) is 3.16. The minimum atomic E-state index is -0.288. The van der Waals surface area contributed by atoms with Crippen molar-refractivity contribution in [3.05, 3.63) is 35.9 Å². The topological polar surface area (TPSA) is 12.0 Å². The van der Waals surface area contributed by atoms with Crippen LogP contribution in [-0.4, -0.2) is 12.7 Å². The van der Waals surface area contributed by atoms with Crippen LogP contribution in [0, 0.1) is 0 Å². The predicted octanol–water partition coefficient (Wildman–Crippen LogP) is 2.52. The van der Waals surface area contributed by atoms with E-state index < -0.39 is 0 Å². The molecule has 0 amide bonds. The Morgan fingerprint density at radius 2 is 2.00 bits per heavy atom. The van der Waals surface area contributed by atoms with E-state index in [2.05, 4.69) is 5.32 Å². The Hall–Kier alpha value is -0.890. The van der Waals surface area contributed by atoms with Gasteiger partial charge in [-0.25, -0.2) is 4.39 Å². The maximum Gasteiger partial charge on any atom is 0.105 e. The van der Waals surface area contributed by atoms with Crippen LogP contribution in [0.4, 0.5) is 4.39 Å². The Balaban J connectivity index is 2.34. The molecule has 13 heavy (non-hydrogen) atoms. The van der Waals surface area contributed by atoms with Gasteiger partial charge in [0, 0.05) is 12.6 Å². The van der Waals surface area contributed by atoms with E-state index in [0.717, 1.165) is 13.0 Å². The minimum absolute atomic E-state index is 0.000191. The number of hydrogen-bond acceptors (Lipinski definition) is 1. The maximum absolute atomic E-state index is 12.3. The highest BCUT2D eigenvalue weighted by Gasteiger charge is 2.03. The summed E-state index contributed by atoms with van der Waals surface area (Å²) in [6.07, 6.45) is 0.837. The first-order valence-electron chi connectivity index (χ1n) is 4.70. The molecule has 1 N–H and O–H groups in total. The highest BCUT2D eigenvalue weighted by Crippen LogP contribution is 1.99. The molecule has 0 aliphatic rings. The summed E-state index contributed by atoms with van der Waals surface area (Å²) in [6, 6.07) is 10.0. The zero-order chi connectivity index (χ0) is 9.52. The molecule has 0 saturated heterocycles. The SMILES string of the molecule is CCC(CF)NCc1ccccc1. The lowest BCUT2D eigenvalue weighted by atomic mass is 10.2. The molecule has 0 saturated carbocycles. The highest BCUT2D eigenvalue weighted by molar-refractivity contribution is 5.14. The third kappa shape index (κ3) is 3.55. The molecule has 1 atom stereocenters. The summed E-state index contributed by atoms with van der Waals surface area (Å²) < 4.78 is 12.3.